The van der Waals surface area contributed by atoms with Gasteiger partial charge in [-0.3, -0.25) is 4.79 Å². The lowest BCUT2D eigenvalue weighted by molar-refractivity contribution is -0.158. The molecule has 0 aliphatic carbocycles. The maximum absolute atomic E-state index is 14.1. The number of hydrogen-bond donors (Lipinski definition) is 2. The molecule has 4 nitrogen and oxygen atoms in total. The van der Waals surface area contributed by atoms with E-state index in [0.717, 1.165) is 19.3 Å². The summed E-state index contributed by atoms with van der Waals surface area (Å²) in [5.74, 6) is 0.199. The van der Waals surface area contributed by atoms with E-state index in [0.29, 0.717) is 19.6 Å². The van der Waals surface area contributed by atoms with E-state index in [-0.39, 0.29) is 39.0 Å². The molecule has 2 rings (SSSR count). The van der Waals surface area contributed by atoms with Crippen molar-refractivity contribution in [2.75, 3.05) is 13.2 Å². The molecule has 1 atom stereocenters. The Bertz CT molecular complexity index is 649. The van der Waals surface area contributed by atoms with Crippen molar-refractivity contribution in [3.05, 3.63) is 0 Å². The third-order valence-electron chi connectivity index (χ3n) is 8.17. The smallest absolute Gasteiger partial charge is 0.227 e. The molecule has 2 fully saturated rings. The molecule has 2 aliphatic heterocycles. The lowest BCUT2D eigenvalue weighted by Crippen LogP contribution is -2.56. The summed E-state index contributed by atoms with van der Waals surface area (Å²) >= 11 is 0. The second-order valence-electron chi connectivity index (χ2n) is 15.1. The number of ether oxygens (including phenoxy) is 1. The van der Waals surface area contributed by atoms with E-state index >= 15 is 0 Å². The summed E-state index contributed by atoms with van der Waals surface area (Å²) in [6.45, 7) is 27.8. The number of carbonyl (C=O) groups is 1. The van der Waals surface area contributed by atoms with E-state index in [2.05, 4.69) is 74.6 Å². The Labute approximate surface area is 192 Å². The Morgan fingerprint density at radius 3 is 1.71 bits per heavy atom. The Balaban J connectivity index is 2.61. The molecule has 0 saturated carbocycles. The molecule has 1 amide bonds. The number of carbonyl (C=O) groups excluding carboxylic acids is 1. The Morgan fingerprint density at radius 1 is 0.903 bits per heavy atom. The van der Waals surface area contributed by atoms with Gasteiger partial charge in [0.2, 0.25) is 5.91 Å². The van der Waals surface area contributed by atoms with E-state index in [1.807, 2.05) is 13.8 Å². The molecule has 31 heavy (non-hydrogen) atoms. The minimum absolute atomic E-state index is 0.0129. The summed E-state index contributed by atoms with van der Waals surface area (Å²) in [7, 11) is 0. The van der Waals surface area contributed by atoms with Crippen LogP contribution in [0.15, 0.2) is 0 Å². The lowest BCUT2D eigenvalue weighted by atomic mass is 9.46. The predicted molar refractivity (Wildman–Crippen MR) is 129 cm³/mol. The molecule has 2 saturated heterocycles. The standard InChI is InChI=1S/C27H51NO3/c1-21(2)14-24(7,8)27(25(9,10)15-22(3,4)18-31-17-21)13-19(28-20(27)29)23(5,6)16-26(11,12)30/h19,30H,13-18H2,1-12H3,(H,28,29). The molecule has 1 spiro atoms. The molecule has 2 aliphatic rings. The molecule has 0 bridgehead atoms. The third kappa shape index (κ3) is 5.32. The normalized spacial score (nSPS) is 30.1. The van der Waals surface area contributed by atoms with Crippen LogP contribution in [0.2, 0.25) is 0 Å². The fourth-order valence-electron chi connectivity index (χ4n) is 7.92. The minimum atomic E-state index is -0.771. The van der Waals surface area contributed by atoms with Gasteiger partial charge in [-0.1, -0.05) is 69.2 Å². The number of amides is 1. The zero-order chi connectivity index (χ0) is 24.3. The summed E-state index contributed by atoms with van der Waals surface area (Å²) in [6, 6.07) is 0.0374. The van der Waals surface area contributed by atoms with Gasteiger partial charge in [0, 0.05) is 6.04 Å². The average molecular weight is 438 g/mol. The number of aliphatic hydroxyl groups is 1. The Hall–Kier alpha value is -0.610. The SMILES string of the molecule is CC(C)(O)CC(C)(C)C1CC2(C(=O)N1)C(C)(C)CC(C)(C)COCC(C)(C)CC2(C)C. The highest BCUT2D eigenvalue weighted by atomic mass is 16.5. The summed E-state index contributed by atoms with van der Waals surface area (Å²) in [5, 5.41) is 14.0. The first-order valence-electron chi connectivity index (χ1n) is 12.2. The van der Waals surface area contributed by atoms with Crippen molar-refractivity contribution in [1.82, 2.24) is 5.32 Å². The van der Waals surface area contributed by atoms with Crippen LogP contribution in [-0.4, -0.2) is 35.9 Å². The van der Waals surface area contributed by atoms with Gasteiger partial charge >= 0.3 is 0 Å². The average Bonchev–Trinajstić information content (AvgIpc) is 2.81. The molecule has 0 aromatic rings. The number of nitrogens with one attached hydrogen (secondary N) is 1. The monoisotopic (exact) mass is 437 g/mol. The van der Waals surface area contributed by atoms with Crippen LogP contribution in [0, 0.1) is 32.5 Å². The van der Waals surface area contributed by atoms with Crippen LogP contribution in [0.1, 0.15) is 109 Å². The van der Waals surface area contributed by atoms with Crippen molar-refractivity contribution < 1.29 is 14.6 Å². The second kappa shape index (κ2) is 7.72. The van der Waals surface area contributed by atoms with Gasteiger partial charge in [-0.15, -0.1) is 0 Å². The molecular formula is C27H51NO3. The van der Waals surface area contributed by atoms with Gasteiger partial charge in [0.05, 0.1) is 24.2 Å². The van der Waals surface area contributed by atoms with Gasteiger partial charge in [-0.2, -0.15) is 0 Å². The molecule has 2 heterocycles. The van der Waals surface area contributed by atoms with Crippen LogP contribution in [0.4, 0.5) is 0 Å². The highest BCUT2D eigenvalue weighted by molar-refractivity contribution is 5.87. The predicted octanol–water partition coefficient (Wildman–Crippen LogP) is 5.96. The summed E-state index contributed by atoms with van der Waals surface area (Å²) in [6.07, 6.45) is 3.31. The second-order valence-corrected chi connectivity index (χ2v) is 15.1. The van der Waals surface area contributed by atoms with Crippen molar-refractivity contribution in [3.63, 3.8) is 0 Å². The van der Waals surface area contributed by atoms with Crippen LogP contribution in [0.25, 0.3) is 0 Å². The largest absolute Gasteiger partial charge is 0.390 e. The van der Waals surface area contributed by atoms with Gasteiger partial charge < -0.3 is 15.2 Å². The van der Waals surface area contributed by atoms with E-state index < -0.39 is 11.0 Å². The summed E-state index contributed by atoms with van der Waals surface area (Å²) in [4.78, 5) is 14.1. The molecule has 182 valence electrons. The summed E-state index contributed by atoms with van der Waals surface area (Å²) < 4.78 is 6.21. The summed E-state index contributed by atoms with van der Waals surface area (Å²) in [5.41, 5.74) is -1.91. The van der Waals surface area contributed by atoms with Crippen molar-refractivity contribution in [1.29, 1.82) is 0 Å². The van der Waals surface area contributed by atoms with Gasteiger partial charge in [0.1, 0.15) is 0 Å². The van der Waals surface area contributed by atoms with E-state index in [9.17, 15) is 9.90 Å². The van der Waals surface area contributed by atoms with Crippen LogP contribution < -0.4 is 5.32 Å². The molecule has 0 aromatic carbocycles. The van der Waals surface area contributed by atoms with Crippen LogP contribution in [-0.2, 0) is 9.53 Å². The molecule has 0 radical (unpaired) electrons. The Morgan fingerprint density at radius 2 is 1.32 bits per heavy atom. The maximum atomic E-state index is 14.1. The highest BCUT2D eigenvalue weighted by Gasteiger charge is 2.66. The van der Waals surface area contributed by atoms with Crippen molar-refractivity contribution in [3.8, 4) is 0 Å². The van der Waals surface area contributed by atoms with Crippen LogP contribution in [0.3, 0.4) is 0 Å². The zero-order valence-electron chi connectivity index (χ0n) is 22.6. The van der Waals surface area contributed by atoms with E-state index in [4.69, 9.17) is 4.74 Å². The van der Waals surface area contributed by atoms with Gasteiger partial charge in [0.15, 0.2) is 0 Å². The van der Waals surface area contributed by atoms with E-state index in [1.165, 1.54) is 0 Å². The highest BCUT2D eigenvalue weighted by Crippen LogP contribution is 2.64. The van der Waals surface area contributed by atoms with E-state index in [1.54, 1.807) is 0 Å². The van der Waals surface area contributed by atoms with Crippen molar-refractivity contribution >= 4 is 5.91 Å². The zero-order valence-corrected chi connectivity index (χ0v) is 22.6. The Kier molecular flexibility index (Phi) is 6.64. The number of rotatable bonds is 3. The van der Waals surface area contributed by atoms with Crippen molar-refractivity contribution in [2.24, 2.45) is 32.5 Å². The first-order chi connectivity index (χ1) is 13.6. The van der Waals surface area contributed by atoms with Gasteiger partial charge in [-0.25, -0.2) is 0 Å². The fourth-order valence-corrected chi connectivity index (χ4v) is 7.92. The molecular weight excluding hydrogens is 386 g/mol. The fraction of sp³-hybridized carbons (Fsp3) is 0.963. The minimum Gasteiger partial charge on any atom is -0.390 e. The molecule has 1 unspecified atom stereocenters. The maximum Gasteiger partial charge on any atom is 0.227 e. The third-order valence-corrected chi connectivity index (χ3v) is 8.17. The molecule has 2 N–H and O–H groups in total. The lowest BCUT2D eigenvalue weighted by Gasteiger charge is -2.57. The number of hydrogen-bond acceptors (Lipinski definition) is 3. The van der Waals surface area contributed by atoms with Gasteiger partial charge in [0.25, 0.3) is 0 Å². The molecule has 4 heteroatoms. The van der Waals surface area contributed by atoms with Crippen LogP contribution in [0.5, 0.6) is 0 Å². The van der Waals surface area contributed by atoms with Crippen LogP contribution >= 0.6 is 0 Å². The van der Waals surface area contributed by atoms with Crippen molar-refractivity contribution in [2.45, 2.75) is 120 Å². The topological polar surface area (TPSA) is 58.6 Å². The van der Waals surface area contributed by atoms with Gasteiger partial charge in [-0.05, 0) is 66.6 Å². The molecule has 0 aromatic heterocycles. The first-order valence-corrected chi connectivity index (χ1v) is 12.2. The quantitative estimate of drug-likeness (QED) is 0.572. The first kappa shape index (κ1) is 26.6.